The minimum Gasteiger partial charge on any atom is -0.309 e. The first-order valence-corrected chi connectivity index (χ1v) is 21.5. The van der Waals surface area contributed by atoms with Crippen molar-refractivity contribution in [1.82, 2.24) is 9.13 Å². The van der Waals surface area contributed by atoms with Gasteiger partial charge in [-0.1, -0.05) is 115 Å². The van der Waals surface area contributed by atoms with E-state index in [-0.39, 0.29) is 0 Å². The zero-order valence-corrected chi connectivity index (χ0v) is 32.9. The van der Waals surface area contributed by atoms with Crippen molar-refractivity contribution in [2.24, 2.45) is 0 Å². The summed E-state index contributed by atoms with van der Waals surface area (Å²) >= 11 is 3.21. The lowest BCUT2D eigenvalue weighted by atomic mass is 10.0. The lowest BCUT2D eigenvalue weighted by molar-refractivity contribution is 1.18. The first-order valence-electron chi connectivity index (χ1n) is 19.8. The molecule has 4 heterocycles. The van der Waals surface area contributed by atoms with E-state index in [1.54, 1.807) is 0 Å². The second-order valence-electron chi connectivity index (χ2n) is 15.3. The normalized spacial score (nSPS) is 12.1. The summed E-state index contributed by atoms with van der Waals surface area (Å²) < 4.78 is 10.5. The second-order valence-corrected chi connectivity index (χ2v) is 17.5. The van der Waals surface area contributed by atoms with Gasteiger partial charge in [0.25, 0.3) is 0 Å². The van der Waals surface area contributed by atoms with Crippen molar-refractivity contribution in [2.75, 3.05) is 0 Å². The van der Waals surface area contributed by atoms with Gasteiger partial charge in [-0.2, -0.15) is 0 Å². The highest BCUT2D eigenvalue weighted by Crippen LogP contribution is 2.45. The van der Waals surface area contributed by atoms with Gasteiger partial charge in [0.2, 0.25) is 0 Å². The number of nitrogens with zero attached hydrogens (tertiary/aromatic N) is 2. The largest absolute Gasteiger partial charge is 0.309 e. The molecule has 0 saturated heterocycles. The molecule has 4 aromatic heterocycles. The third kappa shape index (κ3) is 4.64. The van der Waals surface area contributed by atoms with E-state index in [1.807, 2.05) is 11.3 Å². The van der Waals surface area contributed by atoms with Crippen LogP contribution in [0.3, 0.4) is 0 Å². The molecule has 2 nitrogen and oxygen atoms in total. The number of para-hydroxylation sites is 2. The lowest BCUT2D eigenvalue weighted by Crippen LogP contribution is -1.94. The molecule has 13 rings (SSSR count). The quantitative estimate of drug-likeness (QED) is 0.158. The molecule has 0 fully saturated rings. The van der Waals surface area contributed by atoms with Crippen LogP contribution in [-0.2, 0) is 0 Å². The summed E-state index contributed by atoms with van der Waals surface area (Å²) in [7, 11) is 0. The Labute approximate surface area is 341 Å². The maximum Gasteiger partial charge on any atom is 0.197 e. The van der Waals surface area contributed by atoms with Crippen LogP contribution in [-0.4, -0.2) is 9.13 Å². The third-order valence-electron chi connectivity index (χ3n) is 12.2. The summed E-state index contributed by atoms with van der Waals surface area (Å²) in [4.78, 5) is 0. The number of aromatic nitrogens is 2. The average Bonchev–Trinajstić information content (AvgIpc) is 4.04. The number of hydrogen-bond acceptors (Lipinski definition) is 1. The molecule has 0 atom stereocenters. The Kier molecular flexibility index (Phi) is 6.79. The first kappa shape index (κ1) is 32.1. The second kappa shape index (κ2) is 12.3. The predicted molar refractivity (Wildman–Crippen MR) is 253 cm³/mol. The molecule has 0 aliphatic carbocycles. The van der Waals surface area contributed by atoms with E-state index < -0.39 is 0 Å². The smallest absolute Gasteiger partial charge is 0.197 e. The van der Waals surface area contributed by atoms with Gasteiger partial charge in [-0.05, 0) is 106 Å². The first-order chi connectivity index (χ1) is 28.7. The molecule has 4 heteroatoms. The molecule has 0 amide bonds. The van der Waals surface area contributed by atoms with Crippen molar-refractivity contribution in [3.63, 3.8) is 0 Å². The van der Waals surface area contributed by atoms with Gasteiger partial charge >= 0.3 is 0 Å². The Morgan fingerprint density at radius 2 is 0.845 bits per heavy atom. The number of hydrogen-bond donors (Lipinski definition) is 0. The molecule has 270 valence electrons. The number of benzene rings is 9. The molecule has 0 aliphatic rings. The summed E-state index contributed by atoms with van der Waals surface area (Å²) in [5.41, 5.74) is 12.1. The van der Waals surface area contributed by atoms with Crippen LogP contribution in [0.5, 0.6) is 0 Å². The van der Waals surface area contributed by atoms with Crippen LogP contribution >= 0.6 is 22.7 Å². The van der Waals surface area contributed by atoms with Crippen LogP contribution in [0.1, 0.15) is 0 Å². The summed E-state index contributed by atoms with van der Waals surface area (Å²) in [5, 5.41) is 10.5. The van der Waals surface area contributed by atoms with Crippen molar-refractivity contribution in [1.29, 1.82) is 0 Å². The van der Waals surface area contributed by atoms with Gasteiger partial charge < -0.3 is 9.13 Å². The highest BCUT2D eigenvalue weighted by Gasteiger charge is 2.21. The van der Waals surface area contributed by atoms with Gasteiger partial charge in [-0.25, -0.2) is 0 Å². The molecule has 0 aliphatic heterocycles. The highest BCUT2D eigenvalue weighted by molar-refractivity contribution is 7.33. The topological polar surface area (TPSA) is 9.86 Å². The Morgan fingerprint density at radius 3 is 1.55 bits per heavy atom. The van der Waals surface area contributed by atoms with Crippen LogP contribution in [0.25, 0.3) is 118 Å². The van der Waals surface area contributed by atoms with E-state index in [4.69, 9.17) is 0 Å². The average molecular weight is 774 g/mol. The Balaban J connectivity index is 0.937. The fourth-order valence-electron chi connectivity index (χ4n) is 9.50. The molecule has 0 unspecified atom stereocenters. The summed E-state index contributed by atoms with van der Waals surface area (Å²) in [6.07, 6.45) is 0. The van der Waals surface area contributed by atoms with Crippen molar-refractivity contribution >= 4 is 107 Å². The fraction of sp³-hybridized carbons (Fsp3) is 0. The molecule has 9 aromatic carbocycles. The standard InChI is InChI=1S/C54H32N2S2/c1-2-10-33(11-3-1)34-18-22-37(23-19-34)55-47-15-7-4-12-39(47)45-30-35(20-28-49(45)55)36-21-29-50-46(31-36)40-13-5-8-16-48(40)56(50)38-24-25-42-44-27-26-43-41-14-6-9-17-51(41)57-53(43)54(44)58-52(42)32-38/h1-32H/p+1. The van der Waals surface area contributed by atoms with E-state index in [9.17, 15) is 0 Å². The Bertz CT molecular complexity index is 3780. The van der Waals surface area contributed by atoms with Gasteiger partial charge in [0, 0.05) is 59.5 Å². The SMILES string of the molecule is c1ccc(-c2ccc(-n3c4ccccc4c4cc(-c5ccc6c(c5)c5ccccc5n6-c5ccc6c(c5)[sH+]c5c6ccc6c7ccccc7sc65)ccc43)cc2)cc1. The van der Waals surface area contributed by atoms with Gasteiger partial charge in [-0.3, -0.25) is 0 Å². The van der Waals surface area contributed by atoms with Crippen LogP contribution in [0.15, 0.2) is 194 Å². The molecule has 13 aromatic rings. The third-order valence-corrected chi connectivity index (χ3v) is 14.8. The zero-order chi connectivity index (χ0) is 37.9. The number of rotatable bonds is 4. The Hall–Kier alpha value is -6.98. The van der Waals surface area contributed by atoms with E-state index in [2.05, 4.69) is 203 Å². The van der Waals surface area contributed by atoms with Crippen molar-refractivity contribution in [2.45, 2.75) is 0 Å². The van der Waals surface area contributed by atoms with Crippen LogP contribution in [0, 0.1) is 0 Å². The molecule has 0 radical (unpaired) electrons. The molecule has 0 bridgehead atoms. The summed E-state index contributed by atoms with van der Waals surface area (Å²) in [5.74, 6) is 0. The van der Waals surface area contributed by atoms with E-state index in [0.29, 0.717) is 0 Å². The van der Waals surface area contributed by atoms with Gasteiger partial charge in [-0.15, -0.1) is 11.3 Å². The molecule has 0 spiro atoms. The Morgan fingerprint density at radius 1 is 0.328 bits per heavy atom. The van der Waals surface area contributed by atoms with Crippen LogP contribution in [0.4, 0.5) is 0 Å². The van der Waals surface area contributed by atoms with Crippen LogP contribution < -0.4 is 0 Å². The maximum atomic E-state index is 2.46. The lowest BCUT2D eigenvalue weighted by Gasteiger charge is -2.10. The zero-order valence-electron chi connectivity index (χ0n) is 31.2. The van der Waals surface area contributed by atoms with Crippen molar-refractivity contribution in [3.05, 3.63) is 194 Å². The summed E-state index contributed by atoms with van der Waals surface area (Å²) in [6.45, 7) is 0. The van der Waals surface area contributed by atoms with Crippen molar-refractivity contribution in [3.8, 4) is 33.6 Å². The number of fused-ring (bicyclic) bond motifs is 13. The van der Waals surface area contributed by atoms with Gasteiger partial charge in [0.05, 0.1) is 32.5 Å². The fourth-order valence-corrected chi connectivity index (χ4v) is 12.2. The molecular formula is C54H33N2S2+. The highest BCUT2D eigenvalue weighted by atomic mass is 32.1. The van der Waals surface area contributed by atoms with Gasteiger partial charge in [0.1, 0.15) is 0 Å². The van der Waals surface area contributed by atoms with E-state index in [1.165, 1.54) is 123 Å². The molecule has 58 heavy (non-hydrogen) atoms. The molecule has 0 saturated carbocycles. The van der Waals surface area contributed by atoms with Crippen LogP contribution in [0.2, 0.25) is 0 Å². The minimum absolute atomic E-state index is 1.16. The van der Waals surface area contributed by atoms with E-state index >= 15 is 0 Å². The molecule has 0 N–H and O–H groups in total. The predicted octanol–water partition coefficient (Wildman–Crippen LogP) is 15.7. The molecular weight excluding hydrogens is 741 g/mol. The summed E-state index contributed by atoms with van der Waals surface area (Å²) in [6, 6.07) is 71.8. The van der Waals surface area contributed by atoms with E-state index in [0.717, 1.165) is 5.69 Å². The minimum atomic E-state index is 1.16. The maximum absolute atomic E-state index is 2.46. The monoisotopic (exact) mass is 773 g/mol. The van der Waals surface area contributed by atoms with Crippen molar-refractivity contribution < 1.29 is 0 Å². The number of thiophene rings is 2. The van der Waals surface area contributed by atoms with Gasteiger partial charge in [0.15, 0.2) is 9.40 Å².